The Balaban J connectivity index is 1.87. The summed E-state index contributed by atoms with van der Waals surface area (Å²) >= 11 is 0. The first-order valence-electron chi connectivity index (χ1n) is 7.15. The topological polar surface area (TPSA) is 109 Å². The van der Waals surface area contributed by atoms with Gasteiger partial charge in [-0.15, -0.1) is 0 Å². The zero-order valence-corrected chi connectivity index (χ0v) is 13.4. The van der Waals surface area contributed by atoms with Crippen LogP contribution in [0.25, 0.3) is 0 Å². The SMILES string of the molecule is O=C(O)c1cnc2c(c1)N(S(=O)(=O)NCc1ccccc1)CCO2. The highest BCUT2D eigenvalue weighted by Crippen LogP contribution is 2.31. The highest BCUT2D eigenvalue weighted by molar-refractivity contribution is 7.90. The van der Waals surface area contributed by atoms with Gasteiger partial charge in [0.2, 0.25) is 5.88 Å². The number of nitrogens with one attached hydrogen (secondary N) is 1. The zero-order valence-electron chi connectivity index (χ0n) is 12.5. The second kappa shape index (κ2) is 6.46. The summed E-state index contributed by atoms with van der Waals surface area (Å²) in [6, 6.07) is 10.3. The molecule has 2 N–H and O–H groups in total. The van der Waals surface area contributed by atoms with Crippen molar-refractivity contribution in [1.29, 1.82) is 0 Å². The molecule has 0 aliphatic carbocycles. The molecular formula is C15H15N3O5S. The van der Waals surface area contributed by atoms with Crippen LogP contribution >= 0.6 is 0 Å². The monoisotopic (exact) mass is 349 g/mol. The summed E-state index contributed by atoms with van der Waals surface area (Å²) in [6.45, 7) is 0.336. The third-order valence-electron chi connectivity index (χ3n) is 3.47. The summed E-state index contributed by atoms with van der Waals surface area (Å²) in [4.78, 5) is 15.0. The number of pyridine rings is 1. The molecule has 0 amide bonds. The zero-order chi connectivity index (χ0) is 17.2. The normalized spacial score (nSPS) is 13.9. The first kappa shape index (κ1) is 16.2. The van der Waals surface area contributed by atoms with E-state index >= 15 is 0 Å². The molecule has 3 rings (SSSR count). The molecule has 1 aromatic carbocycles. The van der Waals surface area contributed by atoms with Gasteiger partial charge < -0.3 is 9.84 Å². The number of hydrogen-bond donors (Lipinski definition) is 2. The molecule has 2 aromatic rings. The minimum absolute atomic E-state index is 0.0713. The smallest absolute Gasteiger partial charge is 0.337 e. The van der Waals surface area contributed by atoms with E-state index in [1.54, 1.807) is 12.1 Å². The standard InChI is InChI=1S/C15H15N3O5S/c19-15(20)12-8-13-14(16-10-12)23-7-6-18(13)24(21,22)17-9-11-4-2-1-3-5-11/h1-5,8,10,17H,6-7,9H2,(H,19,20). The lowest BCUT2D eigenvalue weighted by molar-refractivity contribution is 0.0696. The highest BCUT2D eigenvalue weighted by atomic mass is 32.2. The van der Waals surface area contributed by atoms with Gasteiger partial charge in [0.1, 0.15) is 12.3 Å². The lowest BCUT2D eigenvalue weighted by Gasteiger charge is -2.29. The Morgan fingerprint density at radius 2 is 2.08 bits per heavy atom. The number of carbonyl (C=O) groups is 1. The van der Waals surface area contributed by atoms with E-state index in [9.17, 15) is 13.2 Å². The van der Waals surface area contributed by atoms with Crippen LogP contribution in [-0.4, -0.2) is 37.6 Å². The van der Waals surface area contributed by atoms with Crippen LogP contribution in [0, 0.1) is 0 Å². The summed E-state index contributed by atoms with van der Waals surface area (Å²) < 4.78 is 34.1. The molecule has 1 aromatic heterocycles. The maximum atomic E-state index is 12.6. The number of benzene rings is 1. The van der Waals surface area contributed by atoms with Gasteiger partial charge in [0, 0.05) is 12.7 Å². The second-order valence-electron chi connectivity index (χ2n) is 5.09. The average molecular weight is 349 g/mol. The van der Waals surface area contributed by atoms with Crippen LogP contribution < -0.4 is 13.8 Å². The van der Waals surface area contributed by atoms with Gasteiger partial charge in [-0.3, -0.25) is 0 Å². The number of ether oxygens (including phenoxy) is 1. The molecular weight excluding hydrogens is 334 g/mol. The number of nitrogens with zero attached hydrogens (tertiary/aromatic N) is 2. The van der Waals surface area contributed by atoms with E-state index in [0.717, 1.165) is 16.1 Å². The van der Waals surface area contributed by atoms with Gasteiger partial charge in [-0.25, -0.2) is 14.1 Å². The van der Waals surface area contributed by atoms with Crippen molar-refractivity contribution >= 4 is 21.9 Å². The Morgan fingerprint density at radius 1 is 1.33 bits per heavy atom. The molecule has 0 unspecified atom stereocenters. The molecule has 126 valence electrons. The molecule has 1 aliphatic heterocycles. The van der Waals surface area contributed by atoms with Crippen LogP contribution in [0.1, 0.15) is 15.9 Å². The van der Waals surface area contributed by atoms with Crippen molar-refractivity contribution in [2.45, 2.75) is 6.54 Å². The summed E-state index contributed by atoms with van der Waals surface area (Å²) in [5.74, 6) is -1.10. The summed E-state index contributed by atoms with van der Waals surface area (Å²) in [5, 5.41) is 9.06. The van der Waals surface area contributed by atoms with Gasteiger partial charge in [0.25, 0.3) is 0 Å². The van der Waals surface area contributed by atoms with Crippen molar-refractivity contribution in [1.82, 2.24) is 9.71 Å². The molecule has 0 bridgehead atoms. The Labute approximate surface area is 138 Å². The fraction of sp³-hybridized carbons (Fsp3) is 0.200. The number of rotatable bonds is 5. The molecule has 0 radical (unpaired) electrons. The van der Waals surface area contributed by atoms with Crippen molar-refractivity contribution in [3.63, 3.8) is 0 Å². The van der Waals surface area contributed by atoms with Crippen LogP contribution in [0.2, 0.25) is 0 Å². The van der Waals surface area contributed by atoms with Gasteiger partial charge in [0.05, 0.1) is 12.1 Å². The molecule has 0 spiro atoms. The average Bonchev–Trinajstić information content (AvgIpc) is 2.60. The van der Waals surface area contributed by atoms with E-state index < -0.39 is 16.2 Å². The minimum Gasteiger partial charge on any atom is -0.478 e. The van der Waals surface area contributed by atoms with Crippen molar-refractivity contribution in [3.05, 3.63) is 53.7 Å². The Hall–Kier alpha value is -2.65. The summed E-state index contributed by atoms with van der Waals surface area (Å²) in [7, 11) is -3.87. The molecule has 2 heterocycles. The van der Waals surface area contributed by atoms with Gasteiger partial charge in [0.15, 0.2) is 0 Å². The molecule has 0 saturated heterocycles. The maximum absolute atomic E-state index is 12.6. The lowest BCUT2D eigenvalue weighted by Crippen LogP contribution is -2.44. The molecule has 1 aliphatic rings. The van der Waals surface area contributed by atoms with Crippen molar-refractivity contribution in [2.24, 2.45) is 0 Å². The van der Waals surface area contributed by atoms with E-state index in [2.05, 4.69) is 9.71 Å². The van der Waals surface area contributed by atoms with Crippen LogP contribution in [0.3, 0.4) is 0 Å². The van der Waals surface area contributed by atoms with Crippen molar-refractivity contribution in [2.75, 3.05) is 17.5 Å². The number of carboxylic acid groups (broad SMARTS) is 1. The van der Waals surface area contributed by atoms with Crippen LogP contribution in [0.4, 0.5) is 5.69 Å². The predicted octanol–water partition coefficient (Wildman–Crippen LogP) is 1.01. The Kier molecular flexibility index (Phi) is 4.36. The largest absolute Gasteiger partial charge is 0.478 e. The third-order valence-corrected chi connectivity index (χ3v) is 4.94. The van der Waals surface area contributed by atoms with Crippen LogP contribution in [0.5, 0.6) is 5.88 Å². The minimum atomic E-state index is -3.87. The number of hydrogen-bond acceptors (Lipinski definition) is 5. The van der Waals surface area contributed by atoms with Gasteiger partial charge in [-0.05, 0) is 11.6 Å². The second-order valence-corrected chi connectivity index (χ2v) is 6.77. The number of anilines is 1. The van der Waals surface area contributed by atoms with Crippen molar-refractivity contribution < 1.29 is 23.1 Å². The number of aromatic carboxylic acids is 1. The fourth-order valence-corrected chi connectivity index (χ4v) is 3.50. The molecule has 0 atom stereocenters. The molecule has 24 heavy (non-hydrogen) atoms. The van der Waals surface area contributed by atoms with E-state index in [-0.39, 0.29) is 36.8 Å². The summed E-state index contributed by atoms with van der Waals surface area (Å²) in [6.07, 6.45) is 1.13. The van der Waals surface area contributed by atoms with Gasteiger partial charge >= 0.3 is 16.2 Å². The quantitative estimate of drug-likeness (QED) is 0.834. The van der Waals surface area contributed by atoms with E-state index in [0.29, 0.717) is 0 Å². The molecule has 8 nitrogen and oxygen atoms in total. The van der Waals surface area contributed by atoms with Crippen molar-refractivity contribution in [3.8, 4) is 5.88 Å². The number of carboxylic acids is 1. The summed E-state index contributed by atoms with van der Waals surface area (Å²) in [5.41, 5.74) is 0.816. The van der Waals surface area contributed by atoms with E-state index in [1.807, 2.05) is 18.2 Å². The fourth-order valence-electron chi connectivity index (χ4n) is 2.29. The lowest BCUT2D eigenvalue weighted by atomic mass is 10.2. The first-order valence-corrected chi connectivity index (χ1v) is 8.59. The van der Waals surface area contributed by atoms with Gasteiger partial charge in [-0.2, -0.15) is 13.1 Å². The van der Waals surface area contributed by atoms with E-state index in [1.165, 1.54) is 6.07 Å². The van der Waals surface area contributed by atoms with Crippen LogP contribution in [-0.2, 0) is 16.8 Å². The number of fused-ring (bicyclic) bond motifs is 1. The highest BCUT2D eigenvalue weighted by Gasteiger charge is 2.30. The molecule has 0 saturated carbocycles. The molecule has 0 fully saturated rings. The van der Waals surface area contributed by atoms with E-state index in [4.69, 9.17) is 9.84 Å². The predicted molar refractivity (Wildman–Crippen MR) is 86.2 cm³/mol. The molecule has 9 heteroatoms. The Morgan fingerprint density at radius 3 is 2.79 bits per heavy atom. The third kappa shape index (κ3) is 3.31. The van der Waals surface area contributed by atoms with Crippen LogP contribution in [0.15, 0.2) is 42.6 Å². The van der Waals surface area contributed by atoms with Gasteiger partial charge in [-0.1, -0.05) is 30.3 Å². The Bertz CT molecular complexity index is 855. The number of aromatic nitrogens is 1. The maximum Gasteiger partial charge on any atom is 0.337 e. The first-order chi connectivity index (χ1) is 11.5.